The Kier molecular flexibility index (Phi) is 2.77. The van der Waals surface area contributed by atoms with Crippen molar-refractivity contribution in [2.75, 3.05) is 12.8 Å². The molecule has 3 heteroatoms. The summed E-state index contributed by atoms with van der Waals surface area (Å²) in [5.41, 5.74) is 7.80. The molecule has 0 spiro atoms. The molecule has 0 aromatic heterocycles. The smallest absolute Gasteiger partial charge is 0.126 e. The van der Waals surface area contributed by atoms with Gasteiger partial charge in [-0.05, 0) is 24.3 Å². The zero-order chi connectivity index (χ0) is 11.5. The van der Waals surface area contributed by atoms with Crippen LogP contribution in [0.2, 0.25) is 0 Å². The van der Waals surface area contributed by atoms with Crippen LogP contribution in [0.25, 0.3) is 11.1 Å². The summed E-state index contributed by atoms with van der Waals surface area (Å²) in [6.07, 6.45) is 0. The first-order chi connectivity index (χ1) is 7.72. The largest absolute Gasteiger partial charge is 0.496 e. The highest BCUT2D eigenvalue weighted by atomic mass is 19.1. The van der Waals surface area contributed by atoms with Gasteiger partial charge in [-0.2, -0.15) is 0 Å². The minimum absolute atomic E-state index is 0.310. The van der Waals surface area contributed by atoms with Gasteiger partial charge in [-0.3, -0.25) is 0 Å². The van der Waals surface area contributed by atoms with Gasteiger partial charge >= 0.3 is 0 Å². The average molecular weight is 217 g/mol. The van der Waals surface area contributed by atoms with Crippen LogP contribution < -0.4 is 10.5 Å². The fourth-order valence-corrected chi connectivity index (χ4v) is 1.63. The Balaban J connectivity index is 2.62. The minimum atomic E-state index is -0.310. The molecule has 0 unspecified atom stereocenters. The van der Waals surface area contributed by atoms with Crippen LogP contribution in [0.1, 0.15) is 0 Å². The molecule has 0 atom stereocenters. The first-order valence-electron chi connectivity index (χ1n) is 4.91. The van der Waals surface area contributed by atoms with Gasteiger partial charge in [-0.15, -0.1) is 0 Å². The Bertz CT molecular complexity index is 511. The normalized spacial score (nSPS) is 10.1. The van der Waals surface area contributed by atoms with E-state index in [1.54, 1.807) is 13.2 Å². The number of nitrogen functional groups attached to an aromatic ring is 1. The molecule has 0 saturated heterocycles. The van der Waals surface area contributed by atoms with Gasteiger partial charge in [-0.25, -0.2) is 4.39 Å². The summed E-state index contributed by atoms with van der Waals surface area (Å²) in [4.78, 5) is 0. The second-order valence-corrected chi connectivity index (χ2v) is 3.43. The Morgan fingerprint density at radius 1 is 1.06 bits per heavy atom. The van der Waals surface area contributed by atoms with Crippen LogP contribution in [0, 0.1) is 5.82 Å². The van der Waals surface area contributed by atoms with Crippen molar-refractivity contribution in [2.45, 2.75) is 0 Å². The number of para-hydroxylation sites is 1. The highest BCUT2D eigenvalue weighted by Gasteiger charge is 2.08. The molecule has 0 aliphatic carbocycles. The molecule has 0 bridgehead atoms. The third kappa shape index (κ3) is 1.84. The number of anilines is 1. The van der Waals surface area contributed by atoms with Crippen molar-refractivity contribution in [1.29, 1.82) is 0 Å². The van der Waals surface area contributed by atoms with Crippen LogP contribution in [0.3, 0.4) is 0 Å². The molecular weight excluding hydrogens is 205 g/mol. The van der Waals surface area contributed by atoms with E-state index in [1.165, 1.54) is 12.1 Å². The summed E-state index contributed by atoms with van der Waals surface area (Å²) in [7, 11) is 1.58. The van der Waals surface area contributed by atoms with Gasteiger partial charge < -0.3 is 10.5 Å². The second-order valence-electron chi connectivity index (χ2n) is 3.43. The van der Waals surface area contributed by atoms with Crippen molar-refractivity contribution in [2.24, 2.45) is 0 Å². The van der Waals surface area contributed by atoms with Crippen LogP contribution >= 0.6 is 0 Å². The van der Waals surface area contributed by atoms with Crippen molar-refractivity contribution < 1.29 is 9.13 Å². The number of hydrogen-bond donors (Lipinski definition) is 1. The summed E-state index contributed by atoms with van der Waals surface area (Å²) in [6.45, 7) is 0. The molecule has 82 valence electrons. The molecule has 0 saturated carbocycles. The van der Waals surface area contributed by atoms with E-state index in [2.05, 4.69) is 0 Å². The minimum Gasteiger partial charge on any atom is -0.496 e. The number of methoxy groups -OCH3 is 1. The molecule has 0 radical (unpaired) electrons. The van der Waals surface area contributed by atoms with E-state index < -0.39 is 0 Å². The summed E-state index contributed by atoms with van der Waals surface area (Å²) in [5.74, 6) is 0.370. The predicted octanol–water partition coefficient (Wildman–Crippen LogP) is 3.08. The second kappa shape index (κ2) is 4.23. The molecule has 2 nitrogen and oxygen atoms in total. The van der Waals surface area contributed by atoms with Crippen LogP contribution in [0.4, 0.5) is 10.1 Å². The predicted molar refractivity (Wildman–Crippen MR) is 62.8 cm³/mol. The molecule has 0 fully saturated rings. The molecule has 2 rings (SSSR count). The third-order valence-electron chi connectivity index (χ3n) is 2.41. The molecule has 2 aromatic rings. The monoisotopic (exact) mass is 217 g/mol. The van der Waals surface area contributed by atoms with Gasteiger partial charge in [-0.1, -0.05) is 18.2 Å². The van der Waals surface area contributed by atoms with Gasteiger partial charge in [0.1, 0.15) is 11.6 Å². The number of hydrogen-bond acceptors (Lipinski definition) is 2. The topological polar surface area (TPSA) is 35.2 Å². The van der Waals surface area contributed by atoms with Crippen LogP contribution in [0.5, 0.6) is 5.75 Å². The lowest BCUT2D eigenvalue weighted by Gasteiger charge is -2.10. The van der Waals surface area contributed by atoms with Gasteiger partial charge in [0.25, 0.3) is 0 Å². The summed E-state index contributed by atoms with van der Waals surface area (Å²) in [6, 6.07) is 11.7. The van der Waals surface area contributed by atoms with E-state index in [0.29, 0.717) is 17.0 Å². The molecule has 0 aliphatic rings. The van der Waals surface area contributed by atoms with Crippen molar-refractivity contribution in [3.63, 3.8) is 0 Å². The Morgan fingerprint density at radius 2 is 1.81 bits per heavy atom. The molecule has 16 heavy (non-hydrogen) atoms. The zero-order valence-corrected chi connectivity index (χ0v) is 8.91. The highest BCUT2D eigenvalue weighted by molar-refractivity contribution is 5.80. The number of ether oxygens (including phenoxy) is 1. The maximum absolute atomic E-state index is 13.2. The van der Waals surface area contributed by atoms with E-state index in [1.807, 2.05) is 24.3 Å². The first-order valence-corrected chi connectivity index (χ1v) is 4.91. The van der Waals surface area contributed by atoms with Crippen molar-refractivity contribution in [3.8, 4) is 16.9 Å². The lowest BCUT2D eigenvalue weighted by atomic mass is 10.0. The lowest BCUT2D eigenvalue weighted by molar-refractivity contribution is 0.416. The Morgan fingerprint density at radius 3 is 2.56 bits per heavy atom. The van der Waals surface area contributed by atoms with Crippen LogP contribution in [0.15, 0.2) is 42.5 Å². The average Bonchev–Trinajstić information content (AvgIpc) is 2.32. The van der Waals surface area contributed by atoms with E-state index in [-0.39, 0.29) is 5.82 Å². The molecule has 0 aliphatic heterocycles. The van der Waals surface area contributed by atoms with Crippen molar-refractivity contribution in [1.82, 2.24) is 0 Å². The summed E-state index contributed by atoms with van der Waals surface area (Å²) >= 11 is 0. The third-order valence-corrected chi connectivity index (χ3v) is 2.41. The Labute approximate surface area is 93.5 Å². The first kappa shape index (κ1) is 10.5. The Hall–Kier alpha value is -2.03. The molecule has 2 N–H and O–H groups in total. The fourth-order valence-electron chi connectivity index (χ4n) is 1.63. The number of halogens is 1. The maximum Gasteiger partial charge on any atom is 0.126 e. The van der Waals surface area contributed by atoms with Crippen molar-refractivity contribution in [3.05, 3.63) is 48.3 Å². The number of nitrogens with two attached hydrogens (primary N) is 1. The SMILES string of the molecule is COc1ccccc1-c1cc(F)ccc1N. The zero-order valence-electron chi connectivity index (χ0n) is 8.91. The van der Waals surface area contributed by atoms with E-state index in [4.69, 9.17) is 10.5 Å². The standard InChI is InChI=1S/C13H12FNO/c1-16-13-5-3-2-4-10(13)11-8-9(14)6-7-12(11)15/h2-8H,15H2,1H3. The van der Waals surface area contributed by atoms with E-state index in [9.17, 15) is 4.39 Å². The van der Waals surface area contributed by atoms with E-state index >= 15 is 0 Å². The van der Waals surface area contributed by atoms with Gasteiger partial charge in [0, 0.05) is 16.8 Å². The summed E-state index contributed by atoms with van der Waals surface area (Å²) < 4.78 is 18.4. The number of rotatable bonds is 2. The lowest BCUT2D eigenvalue weighted by Crippen LogP contribution is -1.93. The molecule has 2 aromatic carbocycles. The quantitative estimate of drug-likeness (QED) is 0.784. The van der Waals surface area contributed by atoms with Crippen molar-refractivity contribution >= 4 is 5.69 Å². The van der Waals surface area contributed by atoms with Gasteiger partial charge in [0.05, 0.1) is 7.11 Å². The van der Waals surface area contributed by atoms with E-state index in [0.717, 1.165) is 5.56 Å². The van der Waals surface area contributed by atoms with Crippen LogP contribution in [-0.2, 0) is 0 Å². The maximum atomic E-state index is 13.2. The molecular formula is C13H12FNO. The van der Waals surface area contributed by atoms with Crippen LogP contribution in [-0.4, -0.2) is 7.11 Å². The summed E-state index contributed by atoms with van der Waals surface area (Å²) in [5, 5.41) is 0. The molecule has 0 heterocycles. The molecule has 0 amide bonds. The van der Waals surface area contributed by atoms with Gasteiger partial charge in [0.15, 0.2) is 0 Å². The van der Waals surface area contributed by atoms with Gasteiger partial charge in [0.2, 0.25) is 0 Å². The fraction of sp³-hybridized carbons (Fsp3) is 0.0769. The number of benzene rings is 2. The highest BCUT2D eigenvalue weighted by Crippen LogP contribution is 2.33.